The van der Waals surface area contributed by atoms with Crippen molar-refractivity contribution in [2.24, 2.45) is 7.05 Å². The number of furan rings is 1. The highest BCUT2D eigenvalue weighted by Crippen LogP contribution is 2.42. The molecule has 1 aromatic carbocycles. The van der Waals surface area contributed by atoms with Gasteiger partial charge in [-0.3, -0.25) is 4.79 Å². The van der Waals surface area contributed by atoms with E-state index in [-0.39, 0.29) is 17.2 Å². The fraction of sp³-hybridized carbons (Fsp3) is 0.435. The van der Waals surface area contributed by atoms with Crippen LogP contribution in [0.4, 0.5) is 0 Å². The van der Waals surface area contributed by atoms with Crippen molar-refractivity contribution in [3.63, 3.8) is 0 Å². The lowest BCUT2D eigenvalue weighted by Gasteiger charge is -2.32. The van der Waals surface area contributed by atoms with E-state index in [9.17, 15) is 4.79 Å². The Kier molecular flexibility index (Phi) is 5.58. The zero-order valence-corrected chi connectivity index (χ0v) is 19.0. The first kappa shape index (κ1) is 20.9. The Morgan fingerprint density at radius 3 is 2.69 bits per heavy atom. The maximum Gasteiger partial charge on any atom is 0.231 e. The number of rotatable bonds is 6. The van der Waals surface area contributed by atoms with E-state index in [4.69, 9.17) is 13.9 Å². The number of carbonyl (C=O) groups is 1. The van der Waals surface area contributed by atoms with Crippen LogP contribution in [0.15, 0.2) is 40.1 Å². The molecule has 5 rings (SSSR count). The van der Waals surface area contributed by atoms with E-state index in [0.29, 0.717) is 18.4 Å². The summed E-state index contributed by atoms with van der Waals surface area (Å²) >= 11 is 1.38. The minimum absolute atomic E-state index is 0.0177. The van der Waals surface area contributed by atoms with Crippen LogP contribution >= 0.6 is 11.8 Å². The number of aryl methyl sites for hydroxylation is 1. The number of fused-ring (bicyclic) bond motifs is 1. The molecule has 1 aliphatic carbocycles. The van der Waals surface area contributed by atoms with Crippen LogP contribution in [-0.4, -0.2) is 39.6 Å². The molecule has 0 bridgehead atoms. The number of hydrogen-bond acceptors (Lipinski definition) is 7. The summed E-state index contributed by atoms with van der Waals surface area (Å²) in [5, 5.41) is 12.6. The van der Waals surface area contributed by atoms with Crippen LogP contribution < -0.4 is 14.8 Å². The number of hydrogen-bond donors (Lipinski definition) is 1. The third kappa shape index (κ3) is 3.85. The number of benzene rings is 1. The molecule has 3 aromatic rings. The Labute approximate surface area is 190 Å². The maximum absolute atomic E-state index is 13.0. The Morgan fingerprint density at radius 1 is 1.16 bits per heavy atom. The van der Waals surface area contributed by atoms with Crippen molar-refractivity contribution < 1.29 is 18.7 Å². The van der Waals surface area contributed by atoms with Crippen molar-refractivity contribution in [3.05, 3.63) is 41.9 Å². The zero-order chi connectivity index (χ0) is 22.1. The highest BCUT2D eigenvalue weighted by molar-refractivity contribution is 7.99. The Hall–Kier alpha value is -2.94. The molecule has 1 aliphatic heterocycles. The van der Waals surface area contributed by atoms with Gasteiger partial charge >= 0.3 is 0 Å². The largest absolute Gasteiger partial charge is 0.486 e. The SMILES string of the molecule is Cc1occc1-c1nnc(SCC(=O)NC2(c3ccc4c(c3)OCCO4)CCCC2)n1C. The van der Waals surface area contributed by atoms with Gasteiger partial charge in [0.2, 0.25) is 5.91 Å². The van der Waals surface area contributed by atoms with E-state index in [1.165, 1.54) is 11.8 Å². The molecule has 1 saturated carbocycles. The number of nitrogens with zero attached hydrogens (tertiary/aromatic N) is 3. The first-order chi connectivity index (χ1) is 15.6. The maximum atomic E-state index is 13.0. The normalized spacial score (nSPS) is 16.8. The number of ether oxygens (including phenoxy) is 2. The van der Waals surface area contributed by atoms with Crippen molar-refractivity contribution in [1.29, 1.82) is 0 Å². The molecule has 2 aromatic heterocycles. The molecule has 32 heavy (non-hydrogen) atoms. The Balaban J connectivity index is 1.29. The van der Waals surface area contributed by atoms with E-state index in [1.54, 1.807) is 6.26 Å². The van der Waals surface area contributed by atoms with E-state index >= 15 is 0 Å². The van der Waals surface area contributed by atoms with Crippen molar-refractivity contribution >= 4 is 17.7 Å². The van der Waals surface area contributed by atoms with Gasteiger partial charge in [-0.05, 0) is 43.5 Å². The van der Waals surface area contributed by atoms with Gasteiger partial charge in [0.1, 0.15) is 19.0 Å². The Bertz CT molecular complexity index is 1130. The number of carbonyl (C=O) groups excluding carboxylic acids is 1. The molecule has 168 valence electrons. The van der Waals surface area contributed by atoms with Gasteiger partial charge in [0.05, 0.1) is 23.1 Å². The molecule has 1 amide bonds. The fourth-order valence-corrected chi connectivity index (χ4v) is 5.24. The van der Waals surface area contributed by atoms with Gasteiger partial charge < -0.3 is 23.8 Å². The highest BCUT2D eigenvalue weighted by atomic mass is 32.2. The molecule has 0 saturated heterocycles. The van der Waals surface area contributed by atoms with Gasteiger partial charge in [-0.2, -0.15) is 0 Å². The minimum atomic E-state index is -0.369. The fourth-order valence-electron chi connectivity index (χ4n) is 4.53. The summed E-state index contributed by atoms with van der Waals surface area (Å²) in [6.07, 6.45) is 5.63. The third-order valence-corrected chi connectivity index (χ3v) is 7.22. The predicted octanol–water partition coefficient (Wildman–Crippen LogP) is 3.83. The Morgan fingerprint density at radius 2 is 1.94 bits per heavy atom. The van der Waals surface area contributed by atoms with E-state index in [2.05, 4.69) is 21.6 Å². The van der Waals surface area contributed by atoms with Crippen LogP contribution in [0.3, 0.4) is 0 Å². The van der Waals surface area contributed by atoms with E-state index < -0.39 is 0 Å². The van der Waals surface area contributed by atoms with Crippen molar-refractivity contribution in [1.82, 2.24) is 20.1 Å². The van der Waals surface area contributed by atoms with Crippen LogP contribution in [0.25, 0.3) is 11.4 Å². The summed E-state index contributed by atoms with van der Waals surface area (Å²) in [6, 6.07) is 7.89. The first-order valence-corrected chi connectivity index (χ1v) is 11.8. The number of amides is 1. The lowest BCUT2D eigenvalue weighted by Crippen LogP contribution is -2.44. The monoisotopic (exact) mass is 454 g/mol. The predicted molar refractivity (Wildman–Crippen MR) is 120 cm³/mol. The van der Waals surface area contributed by atoms with Gasteiger partial charge in [0, 0.05) is 7.05 Å². The summed E-state index contributed by atoms with van der Waals surface area (Å²) in [7, 11) is 1.90. The minimum Gasteiger partial charge on any atom is -0.486 e. The molecule has 0 spiro atoms. The molecule has 1 N–H and O–H groups in total. The average Bonchev–Trinajstić information content (AvgIpc) is 3.53. The molecule has 2 aliphatic rings. The van der Waals surface area contributed by atoms with Crippen LogP contribution in [-0.2, 0) is 17.4 Å². The smallest absolute Gasteiger partial charge is 0.231 e. The molecule has 3 heterocycles. The van der Waals surface area contributed by atoms with Gasteiger partial charge in [0.15, 0.2) is 22.5 Å². The quantitative estimate of drug-likeness (QED) is 0.566. The molecule has 1 fully saturated rings. The molecular formula is C23H26N4O4S. The standard InChI is InChI=1S/C23H26N4O4S/c1-15-17(7-10-29-15)21-25-26-22(27(21)2)32-14-20(28)24-23(8-3-4-9-23)16-5-6-18-19(13-16)31-12-11-30-18/h5-7,10,13H,3-4,8-9,11-12,14H2,1-2H3,(H,24,28). The lowest BCUT2D eigenvalue weighted by molar-refractivity contribution is -0.120. The summed E-state index contributed by atoms with van der Waals surface area (Å²) < 4.78 is 18.7. The van der Waals surface area contributed by atoms with Crippen molar-refractivity contribution in [2.45, 2.75) is 43.3 Å². The third-order valence-electron chi connectivity index (χ3n) is 6.20. The van der Waals surface area contributed by atoms with Crippen LogP contribution in [0, 0.1) is 6.92 Å². The molecule has 8 nitrogen and oxygen atoms in total. The summed E-state index contributed by atoms with van der Waals surface area (Å²) in [6.45, 7) is 3.00. The lowest BCUT2D eigenvalue weighted by atomic mass is 9.87. The number of aromatic nitrogens is 3. The van der Waals surface area contributed by atoms with E-state index in [1.807, 2.05) is 36.7 Å². The van der Waals surface area contributed by atoms with Gasteiger partial charge in [-0.15, -0.1) is 10.2 Å². The second-order valence-corrected chi connectivity index (χ2v) is 9.18. The molecule has 9 heteroatoms. The highest BCUT2D eigenvalue weighted by Gasteiger charge is 2.38. The van der Waals surface area contributed by atoms with Crippen LogP contribution in [0.5, 0.6) is 11.5 Å². The van der Waals surface area contributed by atoms with Crippen LogP contribution in [0.2, 0.25) is 0 Å². The summed E-state index contributed by atoms with van der Waals surface area (Å²) in [5.41, 5.74) is 1.61. The molecule has 0 atom stereocenters. The summed E-state index contributed by atoms with van der Waals surface area (Å²) in [5.74, 6) is 3.28. The van der Waals surface area contributed by atoms with Gasteiger partial charge in [-0.25, -0.2) is 0 Å². The second kappa shape index (κ2) is 8.54. The molecule has 0 radical (unpaired) electrons. The zero-order valence-electron chi connectivity index (χ0n) is 18.2. The van der Waals surface area contributed by atoms with Crippen LogP contribution in [0.1, 0.15) is 37.0 Å². The number of thioether (sulfide) groups is 1. The van der Waals surface area contributed by atoms with Crippen molar-refractivity contribution in [2.75, 3.05) is 19.0 Å². The average molecular weight is 455 g/mol. The topological polar surface area (TPSA) is 91.4 Å². The van der Waals surface area contributed by atoms with Gasteiger partial charge in [-0.1, -0.05) is 30.7 Å². The first-order valence-electron chi connectivity index (χ1n) is 10.8. The number of nitrogens with one attached hydrogen (secondary N) is 1. The van der Waals surface area contributed by atoms with Crippen molar-refractivity contribution in [3.8, 4) is 22.9 Å². The molecule has 0 unspecified atom stereocenters. The molecular weight excluding hydrogens is 428 g/mol. The summed E-state index contributed by atoms with van der Waals surface area (Å²) in [4.78, 5) is 13.0. The van der Waals surface area contributed by atoms with E-state index in [0.717, 1.165) is 59.9 Å². The van der Waals surface area contributed by atoms with Gasteiger partial charge in [0.25, 0.3) is 0 Å². The second-order valence-electron chi connectivity index (χ2n) is 8.24.